The van der Waals surface area contributed by atoms with Gasteiger partial charge in [-0.1, -0.05) is 159 Å². The normalized spacial score (nSPS) is 21.7. The molecule has 2 saturated heterocycles. The molecule has 4 heterocycles. The minimum Gasteiger partial charge on any atom is -0.508 e. The molecular formula is C106H134N8O23. The molecular weight excluding hydrogens is 1750 g/mol. The second-order valence-corrected chi connectivity index (χ2v) is 38.6. The molecule has 14 N–H and O–H groups in total. The maximum absolute atomic E-state index is 14.9. The van der Waals surface area contributed by atoms with Gasteiger partial charge in [-0.2, -0.15) is 0 Å². The summed E-state index contributed by atoms with van der Waals surface area (Å²) in [5.74, 6) is -14.1. The molecule has 736 valence electrons. The number of ketones is 7. The van der Waals surface area contributed by atoms with E-state index in [1.165, 1.54) is 81.6 Å². The van der Waals surface area contributed by atoms with E-state index in [9.17, 15) is 107 Å². The van der Waals surface area contributed by atoms with Crippen molar-refractivity contribution in [3.63, 3.8) is 0 Å². The minimum absolute atomic E-state index is 0.000539. The van der Waals surface area contributed by atoms with Gasteiger partial charge < -0.3 is 77.3 Å². The Hall–Kier alpha value is -12.7. The molecule has 1 aromatic heterocycles. The van der Waals surface area contributed by atoms with Gasteiger partial charge in [0.05, 0.1) is 53.7 Å². The van der Waals surface area contributed by atoms with E-state index in [-0.39, 0.29) is 151 Å². The fourth-order valence-corrected chi connectivity index (χ4v) is 18.4. The Morgan fingerprint density at radius 1 is 0.606 bits per heavy atom. The number of nitrogens with two attached hydrogens (primary N) is 1. The van der Waals surface area contributed by atoms with Crippen molar-refractivity contribution in [2.45, 2.75) is 246 Å². The van der Waals surface area contributed by atoms with Crippen LogP contribution >= 0.6 is 0 Å². The smallest absolute Gasteiger partial charge is 0.336 e. The zero-order valence-corrected chi connectivity index (χ0v) is 79.9. The van der Waals surface area contributed by atoms with Gasteiger partial charge in [-0.3, -0.25) is 71.9 Å². The predicted octanol–water partition coefficient (Wildman–Crippen LogP) is 12.4. The molecule has 2 unspecified atom stereocenters. The first-order valence-electron chi connectivity index (χ1n) is 47.7. The zero-order valence-electron chi connectivity index (χ0n) is 79.9. The third kappa shape index (κ3) is 31.4. The van der Waals surface area contributed by atoms with Crippen molar-refractivity contribution in [1.29, 1.82) is 0 Å². The molecule has 0 saturated carbocycles. The Bertz CT molecular complexity index is 5640. The van der Waals surface area contributed by atoms with Crippen molar-refractivity contribution < 1.29 is 107 Å². The molecule has 13 atom stereocenters. The van der Waals surface area contributed by atoms with Crippen molar-refractivity contribution in [3.8, 4) is 33.9 Å². The Morgan fingerprint density at radius 3 is 1.91 bits per heavy atom. The van der Waals surface area contributed by atoms with Crippen LogP contribution in [0.1, 0.15) is 234 Å². The summed E-state index contributed by atoms with van der Waals surface area (Å²) in [5, 5.41) is 76.3. The van der Waals surface area contributed by atoms with E-state index in [0.29, 0.717) is 73.0 Å². The summed E-state index contributed by atoms with van der Waals surface area (Å²) in [5.41, 5.74) is 6.96. The number of hydrogen-bond acceptors (Lipinski definition) is 22. The topological polar surface area (TPSA) is 513 Å². The van der Waals surface area contributed by atoms with Gasteiger partial charge in [-0.15, -0.1) is 0 Å². The van der Waals surface area contributed by atoms with Gasteiger partial charge >= 0.3 is 11.9 Å². The number of nitrogens with zero attached hydrogens (tertiary/aromatic N) is 1. The molecule has 0 radical (unpaired) electrons. The van der Waals surface area contributed by atoms with E-state index in [2.05, 4.69) is 36.5 Å². The van der Waals surface area contributed by atoms with Crippen molar-refractivity contribution in [1.82, 2.24) is 36.5 Å². The lowest BCUT2D eigenvalue weighted by Gasteiger charge is -2.29. The number of aromatic nitrogens is 1. The number of phenols is 2. The number of primary amides is 1. The second-order valence-electron chi connectivity index (χ2n) is 38.6. The Balaban J connectivity index is 0.000000321. The van der Waals surface area contributed by atoms with E-state index in [1.54, 1.807) is 43.5 Å². The van der Waals surface area contributed by atoms with Gasteiger partial charge in [0.1, 0.15) is 40.5 Å². The van der Waals surface area contributed by atoms with Crippen LogP contribution in [0.5, 0.6) is 11.5 Å². The Morgan fingerprint density at radius 2 is 1.25 bits per heavy atom. The number of carbonyl (C=O) groups is 15. The number of Topliss-reactive ketones (excluding diaryl/α,β-unsaturated/α-hetero) is 7. The maximum Gasteiger partial charge on any atom is 0.336 e. The van der Waals surface area contributed by atoms with Crippen LogP contribution in [0.25, 0.3) is 44.2 Å². The number of aliphatic hydroxyl groups is 2. The van der Waals surface area contributed by atoms with E-state index >= 15 is 0 Å². The number of nitrogens with one attached hydrogen (secondary N) is 6. The molecule has 2 bridgehead atoms. The molecule has 10 rings (SSSR count). The van der Waals surface area contributed by atoms with E-state index < -0.39 is 161 Å². The lowest BCUT2D eigenvalue weighted by molar-refractivity contribution is -0.139. The number of hydrogen-bond donors (Lipinski definition) is 13. The molecule has 0 spiro atoms. The predicted molar refractivity (Wildman–Crippen MR) is 516 cm³/mol. The van der Waals surface area contributed by atoms with Gasteiger partial charge in [0.25, 0.3) is 0 Å². The second kappa shape index (κ2) is 50.9. The number of H-pyrrole nitrogens is 1. The Labute approximate surface area is 798 Å². The highest BCUT2D eigenvalue weighted by molar-refractivity contribution is 6.10. The number of aliphatic hydroxyl groups excluding tert-OH is 2. The summed E-state index contributed by atoms with van der Waals surface area (Å²) < 4.78 is 5.86. The highest BCUT2D eigenvalue weighted by Gasteiger charge is 2.44. The largest absolute Gasteiger partial charge is 0.508 e. The summed E-state index contributed by atoms with van der Waals surface area (Å²) in [6, 6.07) is 30.5. The number of fused-ring (bicyclic) bond motifs is 5. The van der Waals surface area contributed by atoms with Crippen LogP contribution in [0.2, 0.25) is 0 Å². The molecule has 2 fully saturated rings. The summed E-state index contributed by atoms with van der Waals surface area (Å²) >= 11 is 0. The average Bonchev–Trinajstić information content (AvgIpc) is 1.32. The Kier molecular flexibility index (Phi) is 40.1. The lowest BCUT2D eigenvalue weighted by Crippen LogP contribution is -2.49. The number of carboxylic acid groups (broad SMARTS) is 2. The van der Waals surface area contributed by atoms with Crippen LogP contribution in [-0.4, -0.2) is 192 Å². The van der Waals surface area contributed by atoms with Gasteiger partial charge in [-0.25, -0.2) is 4.79 Å². The molecule has 31 heteroatoms. The first-order chi connectivity index (χ1) is 65.0. The summed E-state index contributed by atoms with van der Waals surface area (Å²) in [6.07, 6.45) is 6.15. The molecule has 6 amide bonds. The molecule has 3 aliphatic heterocycles. The average molecular weight is 1890 g/mol. The number of amides is 6. The third-order valence-electron chi connectivity index (χ3n) is 26.5. The molecule has 5 aromatic carbocycles. The highest BCUT2D eigenvalue weighted by Crippen LogP contribution is 2.43. The monoisotopic (exact) mass is 1890 g/mol. The fraction of sp³-hybridized carbons (Fsp3) is 0.491. The molecule has 137 heavy (non-hydrogen) atoms. The quantitative estimate of drug-likeness (QED) is 0.0142. The van der Waals surface area contributed by atoms with Crippen molar-refractivity contribution >= 4 is 110 Å². The standard InChI is InChI=1S/C62H90N6O11.C44H44N2O12/c1-39(2)29-45-33-52(70)41(5)65-58(77)46(32-49-48-18-14-13-17-44(48)37-64-49)34-53(71)51(31-42-19-22-47(69)23-20-42)67-57(76)43(21-24-56(74)75)35-55(73)62(7)26-28-68(38-62)27-16-12-10-8-9-11-15-25-61(6,60(63)79)36-54(72)50(30-40(3)4)66-59(45)78;1-24(48)34(43(55)46-36(23-47)38(53)19-27(42(54)45-2)17-25-7-4-3-5-8-25)20-28(49)9-6-10-37(52)26-11-14-31(35(18-26)44(56)57)41-32-15-12-29(50)21-39(32)58-40-22-30(51)13-16-33(40)41/h13-14,17-20,22-23,37,39-41,43,45-46,50-51,64,69H,8-12,15-16,21,24-36,38H2,1-7H3,(H2,63,79)(H,65,77)(H,66,78)(H,67,76)(H,74,75);3-5,7-8,11-16,18,21-22,24,27,34,36,47-48,50H,6,9-10,17,19-20,23H2,1-2H3,(H,45,54)(H,46,55)(H,56,57)/t41-,43+,45+,46+,50-,51-,61+,62-;24?,27-,34+,36+/m01/s1. The first kappa shape index (κ1) is 108. The molecule has 31 nitrogen and oxygen atoms in total. The third-order valence-corrected chi connectivity index (χ3v) is 26.5. The van der Waals surface area contributed by atoms with Gasteiger partial charge in [0, 0.05) is 152 Å². The summed E-state index contributed by atoms with van der Waals surface area (Å²) in [6.45, 7) is 15.4. The van der Waals surface area contributed by atoms with E-state index in [1.807, 2.05) is 77.1 Å². The number of aromatic hydroxyl groups is 2. The fourth-order valence-electron chi connectivity index (χ4n) is 18.4. The van der Waals surface area contributed by atoms with Crippen LogP contribution in [-0.2, 0) is 81.6 Å². The van der Waals surface area contributed by atoms with Crippen LogP contribution < -0.4 is 37.7 Å². The van der Waals surface area contributed by atoms with Gasteiger partial charge in [-0.05, 0) is 161 Å². The van der Waals surface area contributed by atoms with Gasteiger partial charge in [0.2, 0.25) is 35.4 Å². The number of aromatic amines is 1. The van der Waals surface area contributed by atoms with E-state index in [4.69, 9.17) is 10.2 Å². The summed E-state index contributed by atoms with van der Waals surface area (Å²) in [7, 11) is 1.44. The van der Waals surface area contributed by atoms with Crippen molar-refractivity contribution in [2.75, 3.05) is 33.3 Å². The maximum atomic E-state index is 14.9. The first-order valence-corrected chi connectivity index (χ1v) is 47.7. The number of aliphatic carboxylic acids is 1. The number of phenolic OH excluding ortho intramolecular Hbond substituents is 2. The minimum atomic E-state index is -1.39. The number of carboxylic acids is 2. The SMILES string of the molecule is CC(C)C[C@@H]1CC(=O)[C@H](C)NC(=O)[C@H](Cc2[nH]cc3ccccc23)CC(=O)[C@H](Cc2ccc(O)cc2)NC(=O)[C@H](CCC(=O)O)CC(=O)[C@@]2(C)CCN(CCCCCCCCC[C@@](C)(C(N)=O)CC(=O)[C@H](CC(C)C)NC1=O)C2.CNC(=O)[C@@H](CC(=O)[C@H](CO)NC(=O)[C@@H](CC(=O)CCCC(=O)c1ccc(-c2c3ccc(=O)cc-3oc3cc(O)ccc23)c(C(=O)O)c1)C(C)O)Cc1ccccc1. The van der Waals surface area contributed by atoms with Crippen LogP contribution in [0.4, 0.5) is 0 Å². The number of rotatable bonds is 31. The van der Waals surface area contributed by atoms with Gasteiger partial charge in [0.15, 0.2) is 34.3 Å². The molecule has 6 aromatic rings. The van der Waals surface area contributed by atoms with E-state index in [0.717, 1.165) is 61.4 Å². The van der Waals surface area contributed by atoms with Crippen molar-refractivity contribution in [2.24, 2.45) is 58.0 Å². The molecule has 4 aliphatic rings. The number of benzene rings is 6. The van der Waals surface area contributed by atoms with Crippen LogP contribution in [0.3, 0.4) is 0 Å². The number of aromatic carboxylic acids is 1. The highest BCUT2D eigenvalue weighted by atomic mass is 16.4. The molecule has 1 aliphatic carbocycles. The summed E-state index contributed by atoms with van der Waals surface area (Å²) in [4.78, 5) is 222. The van der Waals surface area contributed by atoms with Crippen LogP contribution in [0, 0.1) is 52.3 Å². The van der Waals surface area contributed by atoms with Crippen molar-refractivity contribution in [3.05, 3.63) is 178 Å². The lowest BCUT2D eigenvalue weighted by atomic mass is 9.77. The number of carbonyl (C=O) groups excluding carboxylic acids is 13. The zero-order chi connectivity index (χ0) is 100. The van der Waals surface area contributed by atoms with Crippen LogP contribution in [0.15, 0.2) is 149 Å².